The van der Waals surface area contributed by atoms with Gasteiger partial charge in [-0.05, 0) is 5.92 Å². The molecule has 0 aliphatic carbocycles. The standard InChI is InChI=1S/C4H10O4S.H3N/c1-4(2)3-8-9(5,6)7;/h4H,3H2,1-2H3,(H,5,6,7);1H3. The molecule has 0 aliphatic rings. The molecule has 0 aromatic rings. The van der Waals surface area contributed by atoms with Crippen molar-refractivity contribution in [1.82, 2.24) is 6.15 Å². The van der Waals surface area contributed by atoms with Crippen molar-refractivity contribution in [3.05, 3.63) is 0 Å². The fraction of sp³-hybridized carbons (Fsp3) is 1.00. The van der Waals surface area contributed by atoms with Crippen LogP contribution in [0.2, 0.25) is 0 Å². The summed E-state index contributed by atoms with van der Waals surface area (Å²) in [5.41, 5.74) is 0. The molecule has 0 aromatic carbocycles. The van der Waals surface area contributed by atoms with E-state index in [1.807, 2.05) is 0 Å². The summed E-state index contributed by atoms with van der Waals surface area (Å²) >= 11 is 0. The van der Waals surface area contributed by atoms with Crippen LogP contribution >= 0.6 is 0 Å². The first-order valence-corrected chi connectivity index (χ1v) is 3.90. The molecule has 64 valence electrons. The molecular weight excluding hydrogens is 158 g/mol. The highest BCUT2D eigenvalue weighted by molar-refractivity contribution is 7.80. The molecule has 0 aliphatic heterocycles. The summed E-state index contributed by atoms with van der Waals surface area (Å²) in [6.07, 6.45) is 0. The van der Waals surface area contributed by atoms with E-state index >= 15 is 0 Å². The Morgan fingerprint density at radius 3 is 2.00 bits per heavy atom. The monoisotopic (exact) mass is 171 g/mol. The normalized spacial score (nSPS) is 11.2. The second kappa shape index (κ2) is 4.62. The summed E-state index contributed by atoms with van der Waals surface area (Å²) in [6, 6.07) is 0. The lowest BCUT2D eigenvalue weighted by Crippen LogP contribution is -2.08. The van der Waals surface area contributed by atoms with Gasteiger partial charge in [0.25, 0.3) is 0 Å². The van der Waals surface area contributed by atoms with E-state index in [2.05, 4.69) is 4.18 Å². The Morgan fingerprint density at radius 1 is 1.50 bits per heavy atom. The van der Waals surface area contributed by atoms with Crippen molar-refractivity contribution in [2.45, 2.75) is 13.8 Å². The molecule has 6 heteroatoms. The van der Waals surface area contributed by atoms with Crippen LogP contribution < -0.4 is 6.15 Å². The summed E-state index contributed by atoms with van der Waals surface area (Å²) in [4.78, 5) is 0. The first kappa shape index (κ1) is 12.5. The van der Waals surface area contributed by atoms with Crippen molar-refractivity contribution in [3.63, 3.8) is 0 Å². The zero-order valence-corrected chi connectivity index (χ0v) is 6.89. The largest absolute Gasteiger partial charge is 0.397 e. The Bertz CT molecular complexity index is 162. The third-order valence-corrected chi connectivity index (χ3v) is 0.984. The van der Waals surface area contributed by atoms with E-state index < -0.39 is 10.4 Å². The fourth-order valence-electron chi connectivity index (χ4n) is 0.222. The van der Waals surface area contributed by atoms with E-state index in [1.54, 1.807) is 13.8 Å². The topological polar surface area (TPSA) is 98.6 Å². The second-order valence-electron chi connectivity index (χ2n) is 2.11. The molecule has 0 radical (unpaired) electrons. The molecule has 0 rings (SSSR count). The molecule has 0 bridgehead atoms. The van der Waals surface area contributed by atoms with Crippen LogP contribution in [0, 0.1) is 5.92 Å². The molecule has 0 fully saturated rings. The Labute approximate surface area is 60.9 Å². The Hall–Kier alpha value is -0.170. The van der Waals surface area contributed by atoms with Crippen LogP contribution in [0.3, 0.4) is 0 Å². The molecule has 0 aromatic heterocycles. The zero-order valence-electron chi connectivity index (χ0n) is 6.07. The van der Waals surface area contributed by atoms with E-state index in [1.165, 1.54) is 0 Å². The molecule has 0 spiro atoms. The minimum atomic E-state index is -4.22. The molecule has 0 saturated carbocycles. The van der Waals surface area contributed by atoms with Crippen molar-refractivity contribution >= 4 is 10.4 Å². The maximum Gasteiger partial charge on any atom is 0.397 e. The van der Waals surface area contributed by atoms with E-state index in [9.17, 15) is 8.42 Å². The SMILES string of the molecule is CC(C)COS(=O)(=O)O.N. The van der Waals surface area contributed by atoms with Crippen LogP contribution in [0.15, 0.2) is 0 Å². The Morgan fingerprint density at radius 2 is 1.90 bits per heavy atom. The van der Waals surface area contributed by atoms with E-state index in [-0.39, 0.29) is 18.7 Å². The first-order valence-electron chi connectivity index (χ1n) is 2.53. The van der Waals surface area contributed by atoms with E-state index in [0.29, 0.717) is 0 Å². The molecule has 5 nitrogen and oxygen atoms in total. The van der Waals surface area contributed by atoms with E-state index in [0.717, 1.165) is 0 Å². The van der Waals surface area contributed by atoms with Gasteiger partial charge in [0, 0.05) is 0 Å². The van der Waals surface area contributed by atoms with Crippen molar-refractivity contribution in [2.75, 3.05) is 6.61 Å². The molecule has 0 saturated heterocycles. The smallest absolute Gasteiger partial charge is 0.344 e. The van der Waals surface area contributed by atoms with Gasteiger partial charge in [-0.3, -0.25) is 4.55 Å². The molecule has 0 atom stereocenters. The predicted octanol–water partition coefficient (Wildman–Crippen LogP) is 0.624. The number of hydrogen-bond donors (Lipinski definition) is 2. The maximum atomic E-state index is 9.87. The lowest BCUT2D eigenvalue weighted by Gasteiger charge is -2.00. The van der Waals surface area contributed by atoms with Crippen molar-refractivity contribution in [1.29, 1.82) is 0 Å². The van der Waals surface area contributed by atoms with Crippen LogP contribution in [0.25, 0.3) is 0 Å². The summed E-state index contributed by atoms with van der Waals surface area (Å²) in [5.74, 6) is 0.104. The summed E-state index contributed by atoms with van der Waals surface area (Å²) < 4.78 is 31.8. The highest BCUT2D eigenvalue weighted by Crippen LogP contribution is 1.95. The Kier molecular flexibility index (Phi) is 5.77. The van der Waals surface area contributed by atoms with Gasteiger partial charge < -0.3 is 6.15 Å². The molecule has 4 N–H and O–H groups in total. The number of hydrogen-bond acceptors (Lipinski definition) is 4. The third kappa shape index (κ3) is 10.7. The van der Waals surface area contributed by atoms with Crippen LogP contribution in [-0.4, -0.2) is 19.6 Å². The molecular formula is C4H13NO4S. The predicted molar refractivity (Wildman–Crippen MR) is 37.4 cm³/mol. The minimum absolute atomic E-state index is 0. The highest BCUT2D eigenvalue weighted by Gasteiger charge is 2.04. The summed E-state index contributed by atoms with van der Waals surface area (Å²) in [5, 5.41) is 0. The third-order valence-electron chi connectivity index (χ3n) is 0.550. The Balaban J connectivity index is 0. The van der Waals surface area contributed by atoms with Crippen LogP contribution in [0.5, 0.6) is 0 Å². The van der Waals surface area contributed by atoms with Gasteiger partial charge in [0.05, 0.1) is 6.61 Å². The van der Waals surface area contributed by atoms with Gasteiger partial charge in [-0.25, -0.2) is 4.18 Å². The average Bonchev–Trinajstić information content (AvgIpc) is 1.59. The maximum absolute atomic E-state index is 9.87. The van der Waals surface area contributed by atoms with Crippen molar-refractivity contribution < 1.29 is 17.2 Å². The number of rotatable bonds is 3. The molecule has 0 unspecified atom stereocenters. The van der Waals surface area contributed by atoms with E-state index in [4.69, 9.17) is 4.55 Å². The quantitative estimate of drug-likeness (QED) is 0.606. The lowest BCUT2D eigenvalue weighted by atomic mass is 10.2. The molecule has 10 heavy (non-hydrogen) atoms. The average molecular weight is 171 g/mol. The van der Waals surface area contributed by atoms with Gasteiger partial charge in [0.2, 0.25) is 0 Å². The van der Waals surface area contributed by atoms with Gasteiger partial charge in [-0.1, -0.05) is 13.8 Å². The van der Waals surface area contributed by atoms with Crippen LogP contribution in [-0.2, 0) is 14.6 Å². The van der Waals surface area contributed by atoms with Crippen LogP contribution in [0.4, 0.5) is 0 Å². The first-order chi connectivity index (χ1) is 3.92. The summed E-state index contributed by atoms with van der Waals surface area (Å²) in [7, 11) is -4.22. The summed E-state index contributed by atoms with van der Waals surface area (Å²) in [6.45, 7) is 3.59. The fourth-order valence-corrected chi connectivity index (χ4v) is 0.666. The second-order valence-corrected chi connectivity index (χ2v) is 3.20. The zero-order chi connectivity index (χ0) is 7.49. The van der Waals surface area contributed by atoms with Crippen molar-refractivity contribution in [3.8, 4) is 0 Å². The minimum Gasteiger partial charge on any atom is -0.344 e. The lowest BCUT2D eigenvalue weighted by molar-refractivity contribution is 0.238. The van der Waals surface area contributed by atoms with Crippen molar-refractivity contribution in [2.24, 2.45) is 5.92 Å². The van der Waals surface area contributed by atoms with Gasteiger partial charge in [-0.2, -0.15) is 8.42 Å². The van der Waals surface area contributed by atoms with Gasteiger partial charge >= 0.3 is 10.4 Å². The van der Waals surface area contributed by atoms with Gasteiger partial charge in [-0.15, -0.1) is 0 Å². The van der Waals surface area contributed by atoms with Crippen LogP contribution in [0.1, 0.15) is 13.8 Å². The van der Waals surface area contributed by atoms with Gasteiger partial charge in [0.15, 0.2) is 0 Å². The molecule has 0 amide bonds. The highest BCUT2D eigenvalue weighted by atomic mass is 32.3. The molecule has 0 heterocycles. The van der Waals surface area contributed by atoms with Gasteiger partial charge in [0.1, 0.15) is 0 Å².